The third kappa shape index (κ3) is 16.8. The highest BCUT2D eigenvalue weighted by molar-refractivity contribution is 6.31. The first-order chi connectivity index (χ1) is 20.5. The molecule has 0 radical (unpaired) electrons. The Labute approximate surface area is 303 Å². The summed E-state index contributed by atoms with van der Waals surface area (Å²) >= 11 is 18.1. The molecular formula is C36H45Cl6N3. The molecule has 4 aromatic carbocycles. The van der Waals surface area contributed by atoms with E-state index in [1.807, 2.05) is 36.4 Å². The van der Waals surface area contributed by atoms with E-state index in [1.165, 1.54) is 33.4 Å². The molecule has 9 heteroatoms. The van der Waals surface area contributed by atoms with Crippen molar-refractivity contribution in [3.63, 3.8) is 0 Å². The van der Waals surface area contributed by atoms with Gasteiger partial charge in [0, 0.05) is 51.0 Å². The van der Waals surface area contributed by atoms with E-state index < -0.39 is 0 Å². The van der Waals surface area contributed by atoms with Crippen molar-refractivity contribution in [2.24, 2.45) is 0 Å². The molecule has 45 heavy (non-hydrogen) atoms. The standard InChI is InChI=1S/C36H42Cl3N3.3ClH/c37-34-13-7-28(8-14-34)4-1-19-40-25-31-22-32(26-41-20-2-5-29-9-15-35(38)16-10-29)24-33(23-31)27-42-21-3-6-30-11-17-36(39)18-12-30;;;/h7-18,22-24,40-42H,1-6,19-21,25-27H2;3*1H. The molecule has 0 aromatic heterocycles. The second-order valence-corrected chi connectivity index (χ2v) is 12.5. The predicted octanol–water partition coefficient (Wildman–Crippen LogP) is -3.25. The number of benzene rings is 4. The van der Waals surface area contributed by atoms with Gasteiger partial charge in [0.1, 0.15) is 19.6 Å². The summed E-state index contributed by atoms with van der Waals surface area (Å²) in [6, 6.07) is 31.9. The van der Waals surface area contributed by atoms with Gasteiger partial charge in [0.05, 0.1) is 19.6 Å². The average Bonchev–Trinajstić information content (AvgIpc) is 2.99. The van der Waals surface area contributed by atoms with Gasteiger partial charge in [-0.25, -0.2) is 0 Å². The molecule has 6 N–H and O–H groups in total. The van der Waals surface area contributed by atoms with Crippen molar-refractivity contribution in [3.05, 3.63) is 139 Å². The van der Waals surface area contributed by atoms with Gasteiger partial charge in [-0.05, 0) is 90.6 Å². The van der Waals surface area contributed by atoms with Crippen molar-refractivity contribution in [1.82, 2.24) is 0 Å². The predicted molar refractivity (Wildman–Crippen MR) is 177 cm³/mol. The van der Waals surface area contributed by atoms with Gasteiger partial charge in [0.25, 0.3) is 0 Å². The van der Waals surface area contributed by atoms with Gasteiger partial charge in [-0.15, -0.1) is 0 Å². The van der Waals surface area contributed by atoms with Gasteiger partial charge in [-0.3, -0.25) is 0 Å². The second kappa shape index (κ2) is 23.8. The highest BCUT2D eigenvalue weighted by Gasteiger charge is 2.07. The Morgan fingerprint density at radius 3 is 0.844 bits per heavy atom. The smallest absolute Gasteiger partial charge is 0.101 e. The van der Waals surface area contributed by atoms with E-state index >= 15 is 0 Å². The van der Waals surface area contributed by atoms with Crippen LogP contribution in [-0.4, -0.2) is 19.6 Å². The Hall–Kier alpha value is -1.50. The summed E-state index contributed by atoms with van der Waals surface area (Å²) in [6.45, 7) is 6.43. The Morgan fingerprint density at radius 2 is 0.600 bits per heavy atom. The van der Waals surface area contributed by atoms with Gasteiger partial charge in [0.15, 0.2) is 0 Å². The first kappa shape index (κ1) is 41.5. The lowest BCUT2D eigenvalue weighted by Crippen LogP contribution is -3.00. The summed E-state index contributed by atoms with van der Waals surface area (Å²) < 4.78 is 0. The molecule has 0 saturated heterocycles. The molecule has 4 aromatic rings. The number of hydrogen-bond acceptors (Lipinski definition) is 0. The third-order valence-corrected chi connectivity index (χ3v) is 8.37. The number of halogens is 6. The molecule has 0 atom stereocenters. The SMILES string of the molecule is Clc1ccc(CCC[NH2+]Cc2cc(C[NH2+]CCCc3ccc(Cl)cc3)cc(C[NH2+]CCCc3ccc(Cl)cc3)c2)cc1.[Cl-].[Cl-].[Cl-]. The molecule has 0 aliphatic carbocycles. The monoisotopic (exact) mass is 729 g/mol. The Bertz CT molecular complexity index is 1160. The van der Waals surface area contributed by atoms with E-state index in [0.717, 1.165) is 92.9 Å². The van der Waals surface area contributed by atoms with Crippen molar-refractivity contribution in [1.29, 1.82) is 0 Å². The fourth-order valence-electron chi connectivity index (χ4n) is 5.30. The Balaban J connectivity index is 0.00000337. The fraction of sp³-hybridized carbons (Fsp3) is 0.333. The van der Waals surface area contributed by atoms with E-state index in [-0.39, 0.29) is 37.2 Å². The van der Waals surface area contributed by atoms with Gasteiger partial charge < -0.3 is 53.2 Å². The topological polar surface area (TPSA) is 49.8 Å². The highest BCUT2D eigenvalue weighted by atomic mass is 35.5. The largest absolute Gasteiger partial charge is 1.00 e. The van der Waals surface area contributed by atoms with E-state index in [4.69, 9.17) is 34.8 Å². The van der Waals surface area contributed by atoms with Gasteiger partial charge in [0.2, 0.25) is 0 Å². The molecule has 4 rings (SSSR count). The minimum atomic E-state index is 0. The number of hydrogen-bond donors (Lipinski definition) is 3. The molecule has 0 aliphatic heterocycles. The van der Waals surface area contributed by atoms with Crippen LogP contribution in [0.2, 0.25) is 15.1 Å². The Morgan fingerprint density at radius 1 is 0.356 bits per heavy atom. The maximum Gasteiger partial charge on any atom is 0.101 e. The zero-order valence-corrected chi connectivity index (χ0v) is 30.2. The average molecular weight is 732 g/mol. The minimum absolute atomic E-state index is 0. The van der Waals surface area contributed by atoms with Crippen molar-refractivity contribution in [2.45, 2.75) is 58.2 Å². The molecule has 0 heterocycles. The van der Waals surface area contributed by atoms with Crippen molar-refractivity contribution >= 4 is 34.8 Å². The van der Waals surface area contributed by atoms with Crippen molar-refractivity contribution < 1.29 is 53.2 Å². The summed E-state index contributed by atoms with van der Waals surface area (Å²) in [4.78, 5) is 0. The normalized spacial score (nSPS) is 10.5. The summed E-state index contributed by atoms with van der Waals surface area (Å²) in [5.41, 5.74) is 8.36. The summed E-state index contributed by atoms with van der Waals surface area (Å²) in [6.07, 6.45) is 6.77. The van der Waals surface area contributed by atoms with Crippen LogP contribution in [0.5, 0.6) is 0 Å². The zero-order valence-electron chi connectivity index (χ0n) is 25.6. The van der Waals surface area contributed by atoms with Gasteiger partial charge in [-0.2, -0.15) is 0 Å². The lowest BCUT2D eigenvalue weighted by Gasteiger charge is -2.10. The number of nitrogens with two attached hydrogens (primary N) is 3. The van der Waals surface area contributed by atoms with Gasteiger partial charge in [-0.1, -0.05) is 71.2 Å². The van der Waals surface area contributed by atoms with E-state index in [2.05, 4.69) is 70.5 Å². The fourth-order valence-corrected chi connectivity index (χ4v) is 5.68. The first-order valence-electron chi connectivity index (χ1n) is 15.3. The van der Waals surface area contributed by atoms with Crippen molar-refractivity contribution in [3.8, 4) is 0 Å². The summed E-state index contributed by atoms with van der Waals surface area (Å²) in [5.74, 6) is 0. The summed E-state index contributed by atoms with van der Waals surface area (Å²) in [7, 11) is 0. The quantitative estimate of drug-likeness (QED) is 0.0903. The van der Waals surface area contributed by atoms with Crippen LogP contribution in [0.4, 0.5) is 0 Å². The molecule has 0 amide bonds. The van der Waals surface area contributed by atoms with Crippen molar-refractivity contribution in [2.75, 3.05) is 19.6 Å². The number of aryl methyl sites for hydroxylation is 3. The molecule has 3 nitrogen and oxygen atoms in total. The molecule has 0 aliphatic rings. The lowest BCUT2D eigenvalue weighted by molar-refractivity contribution is -0.672. The van der Waals surface area contributed by atoms with Crippen LogP contribution < -0.4 is 53.2 Å². The van der Waals surface area contributed by atoms with Crippen LogP contribution in [0.15, 0.2) is 91.0 Å². The molecule has 0 saturated carbocycles. The van der Waals surface area contributed by atoms with Crippen LogP contribution in [-0.2, 0) is 38.9 Å². The van der Waals surface area contributed by atoms with E-state index in [0.29, 0.717) is 0 Å². The second-order valence-electron chi connectivity index (χ2n) is 11.2. The van der Waals surface area contributed by atoms with E-state index in [9.17, 15) is 0 Å². The van der Waals surface area contributed by atoms with Crippen LogP contribution in [0.3, 0.4) is 0 Å². The zero-order chi connectivity index (χ0) is 29.4. The van der Waals surface area contributed by atoms with Crippen LogP contribution in [0.1, 0.15) is 52.6 Å². The molecule has 0 bridgehead atoms. The summed E-state index contributed by atoms with van der Waals surface area (Å²) in [5, 5.41) is 9.76. The maximum absolute atomic E-state index is 6.02. The molecule has 0 spiro atoms. The van der Waals surface area contributed by atoms with Crippen LogP contribution >= 0.6 is 34.8 Å². The van der Waals surface area contributed by atoms with Crippen LogP contribution in [0.25, 0.3) is 0 Å². The Kier molecular flexibility index (Phi) is 21.9. The highest BCUT2D eigenvalue weighted by Crippen LogP contribution is 2.13. The van der Waals surface area contributed by atoms with Gasteiger partial charge >= 0.3 is 0 Å². The lowest BCUT2D eigenvalue weighted by atomic mass is 10.0. The maximum atomic E-state index is 6.02. The third-order valence-electron chi connectivity index (χ3n) is 7.61. The minimum Gasteiger partial charge on any atom is -1.00 e. The molecule has 0 unspecified atom stereocenters. The molecule has 246 valence electrons. The number of rotatable bonds is 18. The first-order valence-corrected chi connectivity index (χ1v) is 16.5. The van der Waals surface area contributed by atoms with Crippen LogP contribution in [0, 0.1) is 0 Å². The molecular weight excluding hydrogens is 687 g/mol. The molecule has 0 fully saturated rings. The number of quaternary nitrogens is 3. The van der Waals surface area contributed by atoms with E-state index in [1.54, 1.807) is 0 Å².